The highest BCUT2D eigenvalue weighted by molar-refractivity contribution is 6.14. The van der Waals surface area contributed by atoms with Gasteiger partial charge in [0, 0.05) is 24.2 Å². The van der Waals surface area contributed by atoms with Crippen molar-refractivity contribution in [3.05, 3.63) is 42.6 Å². The van der Waals surface area contributed by atoms with Crippen molar-refractivity contribution in [2.75, 3.05) is 20.3 Å². The van der Waals surface area contributed by atoms with Gasteiger partial charge in [-0.2, -0.15) is 0 Å². The molecule has 1 aromatic carbocycles. The van der Waals surface area contributed by atoms with Gasteiger partial charge in [-0.1, -0.05) is 23.4 Å². The fourth-order valence-corrected chi connectivity index (χ4v) is 2.61. The first kappa shape index (κ1) is 16.5. The van der Waals surface area contributed by atoms with Crippen LogP contribution in [0.5, 0.6) is 11.6 Å². The molecule has 2 heterocycles. The number of ether oxygens (including phenoxy) is 2. The van der Waals surface area contributed by atoms with E-state index in [2.05, 4.69) is 15.0 Å². The van der Waals surface area contributed by atoms with E-state index >= 15 is 0 Å². The van der Waals surface area contributed by atoms with Gasteiger partial charge in [-0.3, -0.25) is 0 Å². The maximum atomic E-state index is 5.96. The number of rotatable bonds is 7. The van der Waals surface area contributed by atoms with Crippen molar-refractivity contribution in [2.45, 2.75) is 12.5 Å². The smallest absolute Gasteiger partial charge is 0.213 e. The first-order valence-electron chi connectivity index (χ1n) is 7.57. The molecule has 0 aliphatic carbocycles. The lowest BCUT2D eigenvalue weighted by molar-refractivity contribution is 0.0472. The molecule has 0 spiro atoms. The number of hydrogen-bond donors (Lipinski definition) is 1. The Hall–Kier alpha value is -2.31. The molecule has 0 radical (unpaired) electrons. The maximum Gasteiger partial charge on any atom is 0.213 e. The second kappa shape index (κ2) is 7.99. The van der Waals surface area contributed by atoms with Gasteiger partial charge in [-0.25, -0.2) is 9.82 Å². The number of benzene rings is 1. The van der Waals surface area contributed by atoms with Crippen LogP contribution in [-0.4, -0.2) is 37.1 Å². The average molecular weight is 348 g/mol. The van der Waals surface area contributed by atoms with Crippen molar-refractivity contribution in [1.29, 1.82) is 0 Å². The summed E-state index contributed by atoms with van der Waals surface area (Å²) in [4.78, 5) is 12.0. The highest BCUT2D eigenvalue weighted by Gasteiger charge is 2.21. The van der Waals surface area contributed by atoms with Gasteiger partial charge in [0.1, 0.15) is 12.4 Å². The van der Waals surface area contributed by atoms with E-state index in [-0.39, 0.29) is 6.10 Å². The molecule has 0 amide bonds. The third-order valence-corrected chi connectivity index (χ3v) is 3.77. The zero-order valence-corrected chi connectivity index (χ0v) is 14.0. The first-order valence-corrected chi connectivity index (χ1v) is 7.95. The second-order valence-corrected chi connectivity index (χ2v) is 5.56. The van der Waals surface area contributed by atoms with E-state index in [4.69, 9.17) is 26.1 Å². The Bertz CT molecular complexity index is 724. The normalized spacial score (nSPS) is 16.4. The SMILES string of the molecule is COc1cc(-c2ccccc2OCC2CC(CNCl)=NO2)ccn1. The van der Waals surface area contributed by atoms with Crippen molar-refractivity contribution in [1.82, 2.24) is 9.82 Å². The highest BCUT2D eigenvalue weighted by atomic mass is 35.5. The largest absolute Gasteiger partial charge is 0.489 e. The number of nitrogens with zero attached hydrogens (tertiary/aromatic N) is 2. The zero-order chi connectivity index (χ0) is 16.8. The predicted molar refractivity (Wildman–Crippen MR) is 92.5 cm³/mol. The number of oxime groups is 1. The van der Waals surface area contributed by atoms with Crippen molar-refractivity contribution in [3.8, 4) is 22.8 Å². The van der Waals surface area contributed by atoms with E-state index in [1.807, 2.05) is 36.4 Å². The van der Waals surface area contributed by atoms with Gasteiger partial charge in [-0.05, 0) is 29.5 Å². The van der Waals surface area contributed by atoms with E-state index in [0.717, 1.165) is 22.6 Å². The summed E-state index contributed by atoms with van der Waals surface area (Å²) in [5, 5.41) is 3.99. The van der Waals surface area contributed by atoms with Gasteiger partial charge in [0.05, 0.1) is 19.4 Å². The summed E-state index contributed by atoms with van der Waals surface area (Å²) in [6.45, 7) is 0.917. The number of aromatic nitrogens is 1. The lowest BCUT2D eigenvalue weighted by Gasteiger charge is -2.14. The quantitative estimate of drug-likeness (QED) is 0.780. The Morgan fingerprint density at radius 1 is 1.33 bits per heavy atom. The molecule has 1 atom stereocenters. The van der Waals surface area contributed by atoms with E-state index in [9.17, 15) is 0 Å². The Morgan fingerprint density at radius 3 is 3.04 bits per heavy atom. The van der Waals surface area contributed by atoms with Crippen molar-refractivity contribution < 1.29 is 14.3 Å². The van der Waals surface area contributed by atoms with Crippen LogP contribution in [0.4, 0.5) is 0 Å². The topological polar surface area (TPSA) is 65.0 Å². The van der Waals surface area contributed by atoms with E-state index in [0.29, 0.717) is 25.5 Å². The van der Waals surface area contributed by atoms with Crippen LogP contribution in [0.15, 0.2) is 47.8 Å². The number of halogens is 1. The molecule has 0 fully saturated rings. The molecule has 7 heteroatoms. The van der Waals surface area contributed by atoms with Crippen molar-refractivity contribution >= 4 is 17.5 Å². The lowest BCUT2D eigenvalue weighted by atomic mass is 10.1. The van der Waals surface area contributed by atoms with Crippen LogP contribution in [0.1, 0.15) is 6.42 Å². The van der Waals surface area contributed by atoms with Gasteiger partial charge in [0.2, 0.25) is 5.88 Å². The third-order valence-electron chi connectivity index (χ3n) is 3.63. The number of pyridine rings is 1. The molecule has 1 aromatic heterocycles. The third kappa shape index (κ3) is 3.96. The predicted octanol–water partition coefficient (Wildman–Crippen LogP) is 3.02. The molecule has 1 aliphatic heterocycles. The number of methoxy groups -OCH3 is 1. The van der Waals surface area contributed by atoms with E-state index < -0.39 is 0 Å². The fourth-order valence-electron chi connectivity index (χ4n) is 2.46. The van der Waals surface area contributed by atoms with E-state index in [1.165, 1.54) is 0 Å². The van der Waals surface area contributed by atoms with Gasteiger partial charge >= 0.3 is 0 Å². The maximum absolute atomic E-state index is 5.96. The Morgan fingerprint density at radius 2 is 2.21 bits per heavy atom. The monoisotopic (exact) mass is 347 g/mol. The molecule has 6 nitrogen and oxygen atoms in total. The summed E-state index contributed by atoms with van der Waals surface area (Å²) in [6, 6.07) is 11.6. The molecule has 1 aliphatic rings. The molecule has 0 saturated carbocycles. The summed E-state index contributed by atoms with van der Waals surface area (Å²) in [5.41, 5.74) is 2.83. The Balaban J connectivity index is 1.69. The van der Waals surface area contributed by atoms with Crippen LogP contribution >= 0.6 is 11.8 Å². The zero-order valence-electron chi connectivity index (χ0n) is 13.2. The number of para-hydroxylation sites is 1. The summed E-state index contributed by atoms with van der Waals surface area (Å²) in [7, 11) is 1.60. The fraction of sp³-hybridized carbons (Fsp3) is 0.294. The molecule has 1 unspecified atom stereocenters. The first-order chi connectivity index (χ1) is 11.8. The summed E-state index contributed by atoms with van der Waals surface area (Å²) < 4.78 is 11.2. The number of hydrogen-bond acceptors (Lipinski definition) is 6. The molecule has 3 rings (SSSR count). The van der Waals surface area contributed by atoms with Gasteiger partial charge < -0.3 is 14.3 Å². The van der Waals surface area contributed by atoms with Gasteiger partial charge in [-0.15, -0.1) is 0 Å². The molecule has 2 aromatic rings. The minimum Gasteiger partial charge on any atom is -0.489 e. The molecular weight excluding hydrogens is 330 g/mol. The summed E-state index contributed by atoms with van der Waals surface area (Å²) in [6.07, 6.45) is 2.31. The molecule has 0 bridgehead atoms. The van der Waals surface area contributed by atoms with Gasteiger partial charge in [0.15, 0.2) is 6.10 Å². The van der Waals surface area contributed by atoms with Gasteiger partial charge in [0.25, 0.3) is 0 Å². The Kier molecular flexibility index (Phi) is 5.51. The average Bonchev–Trinajstić information content (AvgIpc) is 3.08. The summed E-state index contributed by atoms with van der Waals surface area (Å²) in [5.74, 6) is 1.34. The highest BCUT2D eigenvalue weighted by Crippen LogP contribution is 2.31. The van der Waals surface area contributed by atoms with Crippen molar-refractivity contribution in [3.63, 3.8) is 0 Å². The van der Waals surface area contributed by atoms with Crippen LogP contribution in [-0.2, 0) is 4.84 Å². The van der Waals surface area contributed by atoms with Crippen molar-refractivity contribution in [2.24, 2.45) is 5.16 Å². The molecule has 24 heavy (non-hydrogen) atoms. The molecule has 0 saturated heterocycles. The number of nitrogens with one attached hydrogen (secondary N) is 1. The van der Waals surface area contributed by atoms with Crippen LogP contribution < -0.4 is 14.3 Å². The van der Waals surface area contributed by atoms with Crippen LogP contribution in [0.25, 0.3) is 11.1 Å². The van der Waals surface area contributed by atoms with E-state index in [1.54, 1.807) is 13.3 Å². The molecule has 1 N–H and O–H groups in total. The van der Waals surface area contributed by atoms with Crippen LogP contribution in [0, 0.1) is 0 Å². The molecule has 126 valence electrons. The van der Waals surface area contributed by atoms with Crippen LogP contribution in [0.3, 0.4) is 0 Å². The minimum absolute atomic E-state index is 0.106. The minimum atomic E-state index is -0.106. The molecular formula is C17H18ClN3O3. The Labute approximate surface area is 145 Å². The lowest BCUT2D eigenvalue weighted by Crippen LogP contribution is -2.21. The van der Waals surface area contributed by atoms with Crippen LogP contribution in [0.2, 0.25) is 0 Å². The summed E-state index contributed by atoms with van der Waals surface area (Å²) >= 11 is 5.48. The second-order valence-electron chi connectivity index (χ2n) is 5.29. The standard InChI is InChI=1S/C17H18ClN3O3/c1-22-17-8-12(6-7-19-17)15-4-2-3-5-16(15)23-11-14-9-13(10-20-18)21-24-14/h2-8,14,20H,9-11H2,1H3.